The minimum absolute atomic E-state index is 0.00820. The van der Waals surface area contributed by atoms with Gasteiger partial charge in [-0.3, -0.25) is 10.0 Å². The van der Waals surface area contributed by atoms with Crippen LogP contribution < -0.4 is 10.8 Å². The number of carbonyl (C=O) groups is 1. The normalized spacial score (nSPS) is 10.6. The van der Waals surface area contributed by atoms with Crippen molar-refractivity contribution in [3.8, 4) is 5.69 Å². The van der Waals surface area contributed by atoms with Gasteiger partial charge in [0.25, 0.3) is 5.91 Å². The Balaban J connectivity index is 2.11. The van der Waals surface area contributed by atoms with Gasteiger partial charge in [-0.05, 0) is 77.5 Å². The molecule has 5 nitrogen and oxygen atoms in total. The van der Waals surface area contributed by atoms with E-state index in [0.717, 1.165) is 20.9 Å². The van der Waals surface area contributed by atoms with Gasteiger partial charge < -0.3 is 9.88 Å². The average molecular weight is 451 g/mol. The summed E-state index contributed by atoms with van der Waals surface area (Å²) in [6.45, 7) is 1.94. The Kier molecular flexibility index (Phi) is 5.05. The topological polar surface area (TPSA) is 66.3 Å². The van der Waals surface area contributed by atoms with E-state index in [2.05, 4.69) is 27.9 Å². The maximum atomic E-state index is 14.4. The molecular weight excluding hydrogens is 436 g/mol. The highest BCUT2D eigenvalue weighted by molar-refractivity contribution is 14.1. The lowest BCUT2D eigenvalue weighted by Gasteiger charge is -2.16. The molecule has 3 rings (SSSR count). The summed E-state index contributed by atoms with van der Waals surface area (Å²) in [5, 5.41) is 12.1. The average Bonchev–Trinajstić information content (AvgIpc) is 3.12. The highest BCUT2D eigenvalue weighted by Crippen LogP contribution is 2.29. The van der Waals surface area contributed by atoms with Gasteiger partial charge in [0.2, 0.25) is 0 Å². The van der Waals surface area contributed by atoms with E-state index in [-0.39, 0.29) is 5.56 Å². The zero-order chi connectivity index (χ0) is 18.0. The fourth-order valence-electron chi connectivity index (χ4n) is 2.52. The number of hydrogen-bond acceptors (Lipinski definition) is 3. The second-order valence-electron chi connectivity index (χ2n) is 5.46. The molecule has 0 spiro atoms. The third kappa shape index (κ3) is 3.67. The smallest absolute Gasteiger partial charge is 0.276 e. The van der Waals surface area contributed by atoms with Crippen LogP contribution in [0.3, 0.4) is 0 Å². The van der Waals surface area contributed by atoms with Gasteiger partial charge in [0.1, 0.15) is 5.82 Å². The van der Waals surface area contributed by atoms with Gasteiger partial charge in [-0.1, -0.05) is 0 Å². The number of nitrogens with one attached hydrogen (secondary N) is 2. The van der Waals surface area contributed by atoms with Crippen molar-refractivity contribution in [2.75, 3.05) is 5.32 Å². The van der Waals surface area contributed by atoms with Crippen molar-refractivity contribution in [3.63, 3.8) is 0 Å². The Bertz CT molecular complexity index is 926. The van der Waals surface area contributed by atoms with Gasteiger partial charge in [-0.15, -0.1) is 0 Å². The number of hydrogen-bond donors (Lipinski definition) is 3. The molecule has 0 saturated heterocycles. The summed E-state index contributed by atoms with van der Waals surface area (Å²) in [6, 6.07) is 12.0. The van der Waals surface area contributed by atoms with E-state index in [4.69, 9.17) is 5.21 Å². The molecule has 25 heavy (non-hydrogen) atoms. The zero-order valence-electron chi connectivity index (χ0n) is 13.3. The molecule has 0 saturated carbocycles. The monoisotopic (exact) mass is 451 g/mol. The molecule has 0 fully saturated rings. The Morgan fingerprint density at radius 3 is 2.52 bits per heavy atom. The van der Waals surface area contributed by atoms with Crippen molar-refractivity contribution in [1.29, 1.82) is 0 Å². The number of benzene rings is 2. The molecule has 128 valence electrons. The first-order chi connectivity index (χ1) is 12.0. The van der Waals surface area contributed by atoms with Crippen LogP contribution in [0.2, 0.25) is 0 Å². The standard InChI is InChI=1S/C18H15FIN3O2/c1-11-8-12(20)4-5-15(11)21-16-10-17(23-6-2-3-7-23)14(19)9-13(16)18(24)22-25/h2-10,21,25H,1H3,(H,22,24). The van der Waals surface area contributed by atoms with Crippen LogP contribution in [0.1, 0.15) is 15.9 Å². The Labute approximate surface area is 157 Å². The maximum Gasteiger partial charge on any atom is 0.276 e. The fourth-order valence-corrected chi connectivity index (χ4v) is 3.17. The van der Waals surface area contributed by atoms with Gasteiger partial charge in [-0.25, -0.2) is 9.87 Å². The summed E-state index contributed by atoms with van der Waals surface area (Å²) in [4.78, 5) is 11.9. The predicted octanol–water partition coefficient (Wildman–Crippen LogP) is 4.39. The van der Waals surface area contributed by atoms with Gasteiger partial charge in [0.15, 0.2) is 0 Å². The second-order valence-corrected chi connectivity index (χ2v) is 6.71. The van der Waals surface area contributed by atoms with Gasteiger partial charge in [0.05, 0.1) is 16.9 Å². The SMILES string of the molecule is Cc1cc(I)ccc1Nc1cc(-n2cccc2)c(F)cc1C(=O)NO. The second kappa shape index (κ2) is 7.24. The van der Waals surface area contributed by atoms with Crippen molar-refractivity contribution in [2.45, 2.75) is 6.92 Å². The Morgan fingerprint density at radius 1 is 1.16 bits per heavy atom. The fraction of sp³-hybridized carbons (Fsp3) is 0.0556. The van der Waals surface area contributed by atoms with E-state index < -0.39 is 11.7 Å². The molecule has 0 atom stereocenters. The summed E-state index contributed by atoms with van der Waals surface area (Å²) < 4.78 is 17.1. The number of anilines is 2. The summed E-state index contributed by atoms with van der Waals surface area (Å²) in [5.74, 6) is -1.36. The molecule has 7 heteroatoms. The highest BCUT2D eigenvalue weighted by Gasteiger charge is 2.17. The molecule has 0 aliphatic heterocycles. The quantitative estimate of drug-likeness (QED) is 0.313. The van der Waals surface area contributed by atoms with E-state index in [0.29, 0.717) is 11.4 Å². The molecule has 0 bridgehead atoms. The lowest BCUT2D eigenvalue weighted by atomic mass is 10.1. The molecule has 1 aromatic heterocycles. The highest BCUT2D eigenvalue weighted by atomic mass is 127. The van der Waals surface area contributed by atoms with Crippen molar-refractivity contribution < 1.29 is 14.4 Å². The Morgan fingerprint density at radius 2 is 1.88 bits per heavy atom. The molecule has 2 aromatic carbocycles. The van der Waals surface area contributed by atoms with Crippen LogP contribution in [0.15, 0.2) is 54.9 Å². The summed E-state index contributed by atoms with van der Waals surface area (Å²) in [5.41, 5.74) is 4.02. The van der Waals surface area contributed by atoms with Crippen molar-refractivity contribution in [1.82, 2.24) is 10.0 Å². The van der Waals surface area contributed by atoms with Crippen LogP contribution >= 0.6 is 22.6 Å². The van der Waals surface area contributed by atoms with Crippen LogP contribution in [0.25, 0.3) is 5.69 Å². The number of carbonyl (C=O) groups excluding carboxylic acids is 1. The van der Waals surface area contributed by atoms with E-state index in [9.17, 15) is 9.18 Å². The van der Waals surface area contributed by atoms with Crippen LogP contribution in [0, 0.1) is 16.3 Å². The predicted molar refractivity (Wildman–Crippen MR) is 102 cm³/mol. The minimum atomic E-state index is -0.788. The van der Waals surface area contributed by atoms with Crippen LogP contribution in [0.4, 0.5) is 15.8 Å². The molecular formula is C18H15FIN3O2. The largest absolute Gasteiger partial charge is 0.355 e. The van der Waals surface area contributed by atoms with E-state index >= 15 is 0 Å². The van der Waals surface area contributed by atoms with Crippen molar-refractivity contribution >= 4 is 39.9 Å². The van der Waals surface area contributed by atoms with Gasteiger partial charge in [0, 0.05) is 21.7 Å². The van der Waals surface area contributed by atoms with E-state index in [1.807, 2.05) is 25.1 Å². The number of amides is 1. The van der Waals surface area contributed by atoms with E-state index in [1.54, 1.807) is 34.6 Å². The summed E-state index contributed by atoms with van der Waals surface area (Å²) in [6.07, 6.45) is 3.42. The number of hydroxylamine groups is 1. The molecule has 0 unspecified atom stereocenters. The van der Waals surface area contributed by atoms with Crippen LogP contribution in [0.5, 0.6) is 0 Å². The number of aryl methyl sites for hydroxylation is 1. The lowest BCUT2D eigenvalue weighted by molar-refractivity contribution is 0.0707. The molecule has 0 radical (unpaired) electrons. The summed E-state index contributed by atoms with van der Waals surface area (Å²) in [7, 11) is 0. The maximum absolute atomic E-state index is 14.4. The van der Waals surface area contributed by atoms with Gasteiger partial charge in [-0.2, -0.15) is 0 Å². The number of rotatable bonds is 4. The third-order valence-electron chi connectivity index (χ3n) is 3.77. The third-order valence-corrected chi connectivity index (χ3v) is 4.44. The first-order valence-corrected chi connectivity index (χ1v) is 8.52. The number of halogens is 2. The summed E-state index contributed by atoms with van der Waals surface area (Å²) >= 11 is 2.22. The first kappa shape index (κ1) is 17.4. The molecule has 1 heterocycles. The molecule has 3 aromatic rings. The minimum Gasteiger partial charge on any atom is -0.355 e. The number of nitrogens with zero attached hydrogens (tertiary/aromatic N) is 1. The molecule has 0 aliphatic rings. The molecule has 0 aliphatic carbocycles. The zero-order valence-corrected chi connectivity index (χ0v) is 15.4. The van der Waals surface area contributed by atoms with Gasteiger partial charge >= 0.3 is 0 Å². The lowest BCUT2D eigenvalue weighted by Crippen LogP contribution is -2.20. The van der Waals surface area contributed by atoms with Crippen LogP contribution in [-0.4, -0.2) is 15.7 Å². The van der Waals surface area contributed by atoms with Crippen molar-refractivity contribution in [2.24, 2.45) is 0 Å². The van der Waals surface area contributed by atoms with Crippen LogP contribution in [-0.2, 0) is 0 Å². The Hall–Kier alpha value is -2.39. The van der Waals surface area contributed by atoms with E-state index in [1.165, 1.54) is 6.07 Å². The molecule has 1 amide bonds. The molecule has 3 N–H and O–H groups in total. The first-order valence-electron chi connectivity index (χ1n) is 7.44. The van der Waals surface area contributed by atoms with Crippen molar-refractivity contribution in [3.05, 3.63) is 75.4 Å². The number of aromatic nitrogens is 1.